The molecule has 0 spiro atoms. The first-order valence-corrected chi connectivity index (χ1v) is 11.2. The molecule has 0 saturated carbocycles. The smallest absolute Gasteiger partial charge is 0.358 e. The molecule has 164 valence electrons. The van der Waals surface area contributed by atoms with E-state index in [4.69, 9.17) is 0 Å². The average molecular weight is 451 g/mol. The van der Waals surface area contributed by atoms with E-state index < -0.39 is 22.7 Å². The summed E-state index contributed by atoms with van der Waals surface area (Å²) < 4.78 is 62.2. The first-order valence-electron chi connectivity index (χ1n) is 9.74. The Kier molecular flexibility index (Phi) is 5.52. The number of carbonyl (C=O) groups excluding carboxylic acids is 1. The highest BCUT2D eigenvalue weighted by molar-refractivity contribution is 7.89. The quantitative estimate of drug-likeness (QED) is 0.545. The van der Waals surface area contributed by atoms with Crippen molar-refractivity contribution in [3.8, 4) is 0 Å². The fraction of sp³-hybridized carbons (Fsp3) is 0.286. The van der Waals surface area contributed by atoms with Gasteiger partial charge in [0.05, 0.1) is 4.90 Å². The van der Waals surface area contributed by atoms with Crippen LogP contribution in [0.4, 0.5) is 18.9 Å². The zero-order chi connectivity index (χ0) is 22.2. The van der Waals surface area contributed by atoms with E-state index in [0.717, 1.165) is 48.7 Å². The number of nitrogens with one attached hydrogen (secondary N) is 3. The number of fused-ring (bicyclic) bond motifs is 3. The van der Waals surface area contributed by atoms with Crippen LogP contribution in [0, 0.1) is 0 Å². The molecule has 1 heterocycles. The molecule has 1 aliphatic carbocycles. The van der Waals surface area contributed by atoms with Crippen LogP contribution in [0.15, 0.2) is 47.4 Å². The molecule has 2 aromatic carbocycles. The van der Waals surface area contributed by atoms with Gasteiger partial charge in [0.15, 0.2) is 0 Å². The molecule has 0 aliphatic heterocycles. The van der Waals surface area contributed by atoms with Crippen molar-refractivity contribution in [3.63, 3.8) is 0 Å². The van der Waals surface area contributed by atoms with E-state index in [1.165, 1.54) is 28.1 Å². The van der Waals surface area contributed by atoms with Crippen molar-refractivity contribution in [1.29, 1.82) is 0 Å². The minimum atomic E-state index is -4.65. The molecule has 0 unspecified atom stereocenters. The number of hydrogen-bond acceptors (Lipinski definition) is 3. The SMILES string of the molecule is O=C(Nc1ccc(S(=O)(=O)NCC(F)(F)F)cc1)c1ccc2[nH]c3c(c2c1)CCCC3. The van der Waals surface area contributed by atoms with E-state index in [1.807, 2.05) is 12.1 Å². The topological polar surface area (TPSA) is 91.1 Å². The maximum atomic E-state index is 12.7. The third-order valence-corrected chi connectivity index (χ3v) is 6.66. The molecule has 10 heteroatoms. The van der Waals surface area contributed by atoms with Gasteiger partial charge < -0.3 is 10.3 Å². The predicted octanol–water partition coefficient (Wildman–Crippen LogP) is 4.14. The first-order chi connectivity index (χ1) is 14.6. The lowest BCUT2D eigenvalue weighted by Crippen LogP contribution is -2.33. The summed E-state index contributed by atoms with van der Waals surface area (Å²) in [6.45, 7) is -1.65. The van der Waals surface area contributed by atoms with Crippen LogP contribution in [0.3, 0.4) is 0 Å². The molecular weight excluding hydrogens is 431 g/mol. The minimum absolute atomic E-state index is 0.324. The molecule has 4 rings (SSSR count). The standard InChI is InChI=1S/C21H20F3N3O3S/c22-21(23,24)12-25-31(29,30)15-8-6-14(7-9-15)26-20(28)13-5-10-19-17(11-13)16-3-1-2-4-18(16)27-19/h5-11,25,27H,1-4,12H2,(H,26,28). The van der Waals surface area contributed by atoms with Crippen LogP contribution in [0.2, 0.25) is 0 Å². The van der Waals surface area contributed by atoms with Crippen LogP contribution in [-0.4, -0.2) is 32.0 Å². The van der Waals surface area contributed by atoms with Crippen molar-refractivity contribution in [1.82, 2.24) is 9.71 Å². The molecule has 0 saturated heterocycles. The van der Waals surface area contributed by atoms with Crippen LogP contribution in [0.1, 0.15) is 34.5 Å². The maximum absolute atomic E-state index is 12.7. The van der Waals surface area contributed by atoms with Crippen molar-refractivity contribution < 1.29 is 26.4 Å². The van der Waals surface area contributed by atoms with Gasteiger partial charge in [-0.2, -0.15) is 13.2 Å². The van der Waals surface area contributed by atoms with Gasteiger partial charge in [0.25, 0.3) is 5.91 Å². The van der Waals surface area contributed by atoms with E-state index in [9.17, 15) is 26.4 Å². The summed E-state index contributed by atoms with van der Waals surface area (Å²) in [7, 11) is -4.30. The molecule has 1 amide bonds. The van der Waals surface area contributed by atoms with E-state index in [2.05, 4.69) is 10.3 Å². The fourth-order valence-electron chi connectivity index (χ4n) is 3.73. The zero-order valence-electron chi connectivity index (χ0n) is 16.3. The highest BCUT2D eigenvalue weighted by Crippen LogP contribution is 2.30. The van der Waals surface area contributed by atoms with Crippen LogP contribution < -0.4 is 10.0 Å². The van der Waals surface area contributed by atoms with E-state index in [-0.39, 0.29) is 10.8 Å². The number of alkyl halides is 3. The van der Waals surface area contributed by atoms with Crippen LogP contribution in [0.5, 0.6) is 0 Å². The highest BCUT2D eigenvalue weighted by atomic mass is 32.2. The number of hydrogen-bond donors (Lipinski definition) is 3. The number of halogens is 3. The van der Waals surface area contributed by atoms with Gasteiger partial charge in [-0.05, 0) is 73.7 Å². The summed E-state index contributed by atoms with van der Waals surface area (Å²) in [5, 5.41) is 3.71. The Balaban J connectivity index is 1.49. The summed E-state index contributed by atoms with van der Waals surface area (Å²) in [4.78, 5) is 15.7. The highest BCUT2D eigenvalue weighted by Gasteiger charge is 2.30. The number of H-pyrrole nitrogens is 1. The summed E-state index contributed by atoms with van der Waals surface area (Å²) >= 11 is 0. The number of aromatic amines is 1. The van der Waals surface area contributed by atoms with Gasteiger partial charge >= 0.3 is 6.18 Å². The summed E-state index contributed by atoms with van der Waals surface area (Å²) in [6, 6.07) is 10.4. The molecule has 3 aromatic rings. The van der Waals surface area contributed by atoms with Gasteiger partial charge in [-0.25, -0.2) is 13.1 Å². The van der Waals surface area contributed by atoms with Crippen molar-refractivity contribution in [2.45, 2.75) is 36.8 Å². The molecule has 6 nitrogen and oxygen atoms in total. The fourth-order valence-corrected chi connectivity index (χ4v) is 4.74. The molecule has 0 atom stereocenters. The Morgan fingerprint density at radius 3 is 2.45 bits per heavy atom. The summed E-state index contributed by atoms with van der Waals surface area (Å²) in [5.74, 6) is -0.363. The molecule has 1 aliphatic rings. The van der Waals surface area contributed by atoms with E-state index in [1.54, 1.807) is 6.07 Å². The van der Waals surface area contributed by atoms with Gasteiger partial charge in [0.2, 0.25) is 10.0 Å². The van der Waals surface area contributed by atoms with Crippen LogP contribution >= 0.6 is 0 Å². The van der Waals surface area contributed by atoms with Gasteiger partial charge in [0, 0.05) is 27.8 Å². The van der Waals surface area contributed by atoms with Crippen LogP contribution in [0.25, 0.3) is 10.9 Å². The van der Waals surface area contributed by atoms with E-state index >= 15 is 0 Å². The number of amides is 1. The Labute approximate surface area is 176 Å². The summed E-state index contributed by atoms with van der Waals surface area (Å²) in [5.41, 5.74) is 4.25. The Bertz CT molecular complexity index is 1230. The number of carbonyl (C=O) groups is 1. The molecule has 0 bridgehead atoms. The van der Waals surface area contributed by atoms with Crippen molar-refractivity contribution in [3.05, 3.63) is 59.3 Å². The third kappa shape index (κ3) is 4.75. The Morgan fingerprint density at radius 1 is 1.03 bits per heavy atom. The summed E-state index contributed by atoms with van der Waals surface area (Å²) in [6.07, 6.45) is -0.424. The number of aryl methyl sites for hydroxylation is 2. The normalized spacial score (nSPS) is 14.4. The molecule has 0 radical (unpaired) electrons. The first kappa shape index (κ1) is 21.4. The third-order valence-electron chi connectivity index (χ3n) is 5.25. The maximum Gasteiger partial charge on any atom is 0.402 e. The Hall–Kier alpha value is -2.85. The van der Waals surface area contributed by atoms with E-state index in [0.29, 0.717) is 11.3 Å². The predicted molar refractivity (Wildman–Crippen MR) is 111 cm³/mol. The number of sulfonamides is 1. The number of aromatic nitrogens is 1. The Morgan fingerprint density at radius 2 is 1.74 bits per heavy atom. The molecule has 1 aromatic heterocycles. The van der Waals surface area contributed by atoms with Gasteiger partial charge in [-0.3, -0.25) is 4.79 Å². The average Bonchev–Trinajstić information content (AvgIpc) is 3.10. The second-order valence-electron chi connectivity index (χ2n) is 7.47. The lowest BCUT2D eigenvalue weighted by Gasteiger charge is -2.11. The van der Waals surface area contributed by atoms with Gasteiger partial charge in [-0.1, -0.05) is 0 Å². The van der Waals surface area contributed by atoms with Crippen molar-refractivity contribution in [2.24, 2.45) is 0 Å². The minimum Gasteiger partial charge on any atom is -0.358 e. The second kappa shape index (κ2) is 8.01. The molecular formula is C21H20F3N3O3S. The molecule has 3 N–H and O–H groups in total. The lowest BCUT2D eigenvalue weighted by molar-refractivity contribution is -0.121. The second-order valence-corrected chi connectivity index (χ2v) is 9.23. The monoisotopic (exact) mass is 451 g/mol. The lowest BCUT2D eigenvalue weighted by atomic mass is 9.95. The largest absolute Gasteiger partial charge is 0.402 e. The van der Waals surface area contributed by atoms with Gasteiger partial charge in [-0.15, -0.1) is 0 Å². The zero-order valence-corrected chi connectivity index (χ0v) is 17.2. The molecule has 0 fully saturated rings. The number of anilines is 1. The van der Waals surface area contributed by atoms with Gasteiger partial charge in [0.1, 0.15) is 6.54 Å². The van der Waals surface area contributed by atoms with Crippen molar-refractivity contribution >= 4 is 32.5 Å². The number of benzene rings is 2. The number of rotatable bonds is 5. The van der Waals surface area contributed by atoms with Crippen molar-refractivity contribution in [2.75, 3.05) is 11.9 Å². The molecule has 31 heavy (non-hydrogen) atoms. The van der Waals surface area contributed by atoms with Crippen LogP contribution in [-0.2, 0) is 22.9 Å².